The van der Waals surface area contributed by atoms with Crippen LogP contribution in [-0.2, 0) is 10.5 Å². The van der Waals surface area contributed by atoms with E-state index >= 15 is 0 Å². The van der Waals surface area contributed by atoms with Gasteiger partial charge in [-0.3, -0.25) is 19.7 Å². The third kappa shape index (κ3) is 4.08. The number of thioether (sulfide) groups is 1. The summed E-state index contributed by atoms with van der Waals surface area (Å²) in [5.41, 5.74) is 2.83. The minimum absolute atomic E-state index is 0.0104. The highest BCUT2D eigenvalue weighted by Gasteiger charge is 2.37. The zero-order chi connectivity index (χ0) is 23.8. The first-order valence-electron chi connectivity index (χ1n) is 10.7. The molecule has 0 radical (unpaired) electrons. The summed E-state index contributed by atoms with van der Waals surface area (Å²) in [7, 11) is 0. The first-order valence-corrected chi connectivity index (χ1v) is 11.7. The van der Waals surface area contributed by atoms with Crippen LogP contribution in [0.3, 0.4) is 0 Å². The molecule has 0 fully saturated rings. The lowest BCUT2D eigenvalue weighted by molar-refractivity contribution is -0.384. The van der Waals surface area contributed by atoms with Gasteiger partial charge in [-0.2, -0.15) is 0 Å². The summed E-state index contributed by atoms with van der Waals surface area (Å²) >= 11 is 1.30. The van der Waals surface area contributed by atoms with Gasteiger partial charge in [-0.05, 0) is 36.1 Å². The van der Waals surface area contributed by atoms with E-state index in [1.54, 1.807) is 36.4 Å². The number of aromatic amines is 1. The van der Waals surface area contributed by atoms with Gasteiger partial charge in [-0.1, -0.05) is 36.0 Å². The third-order valence-electron chi connectivity index (χ3n) is 5.96. The summed E-state index contributed by atoms with van der Waals surface area (Å²) in [6, 6.07) is 12.8. The number of carbonyl (C=O) groups excluding carboxylic acids is 1. The molecule has 1 aliphatic carbocycles. The number of phenols is 1. The number of H-pyrrole nitrogens is 1. The first-order chi connectivity index (χ1) is 16.4. The number of allylic oxidation sites excluding steroid dienone is 2. The van der Waals surface area contributed by atoms with Crippen molar-refractivity contribution in [3.8, 4) is 5.75 Å². The monoisotopic (exact) mass is 476 g/mol. The van der Waals surface area contributed by atoms with Gasteiger partial charge in [-0.15, -0.1) is 0 Å². The van der Waals surface area contributed by atoms with Gasteiger partial charge in [0.05, 0.1) is 10.5 Å². The predicted molar refractivity (Wildman–Crippen MR) is 127 cm³/mol. The van der Waals surface area contributed by atoms with Crippen molar-refractivity contribution in [1.29, 1.82) is 0 Å². The maximum atomic E-state index is 13.2. The number of nitro benzene ring substituents is 1. The third-order valence-corrected chi connectivity index (χ3v) is 6.91. The van der Waals surface area contributed by atoms with Gasteiger partial charge in [0.25, 0.3) is 11.2 Å². The Bertz CT molecular complexity index is 1400. The summed E-state index contributed by atoms with van der Waals surface area (Å²) in [6.45, 7) is 0. The largest absolute Gasteiger partial charge is 0.508 e. The van der Waals surface area contributed by atoms with E-state index < -0.39 is 10.8 Å². The van der Waals surface area contributed by atoms with Crippen LogP contribution in [0.1, 0.15) is 41.9 Å². The molecule has 2 heterocycles. The van der Waals surface area contributed by atoms with Gasteiger partial charge in [0, 0.05) is 41.5 Å². The van der Waals surface area contributed by atoms with Crippen LogP contribution in [0, 0.1) is 10.1 Å². The van der Waals surface area contributed by atoms with Crippen LogP contribution in [0.4, 0.5) is 11.5 Å². The predicted octanol–water partition coefficient (Wildman–Crippen LogP) is 4.24. The van der Waals surface area contributed by atoms with Crippen molar-refractivity contribution in [2.45, 2.75) is 36.1 Å². The van der Waals surface area contributed by atoms with Crippen molar-refractivity contribution >= 4 is 29.1 Å². The SMILES string of the molecule is O=C1CCCC2=C1C(c1cccc(O)c1)c1c(nc(SCc3ccc([N+](=O)[O-])cc3)[nH]c1=O)N2. The van der Waals surface area contributed by atoms with Crippen LogP contribution in [0.25, 0.3) is 0 Å². The van der Waals surface area contributed by atoms with Gasteiger partial charge in [0.1, 0.15) is 11.6 Å². The zero-order valence-electron chi connectivity index (χ0n) is 17.9. The maximum absolute atomic E-state index is 13.2. The number of phenolic OH excluding ortho intramolecular Hbond substituents is 1. The second-order valence-corrected chi connectivity index (χ2v) is 9.13. The Morgan fingerprint density at radius 1 is 1.15 bits per heavy atom. The number of nitro groups is 1. The van der Waals surface area contributed by atoms with Gasteiger partial charge in [0.2, 0.25) is 0 Å². The number of carbonyl (C=O) groups is 1. The van der Waals surface area contributed by atoms with Crippen molar-refractivity contribution in [2.24, 2.45) is 0 Å². The zero-order valence-corrected chi connectivity index (χ0v) is 18.7. The standard InChI is InChI=1S/C24H20N4O5S/c29-16-4-1-3-14(11-16)19-20-17(5-2-6-18(20)30)25-22-21(19)23(31)27-24(26-22)34-12-13-7-9-15(10-8-13)28(32)33/h1,3-4,7-11,19,29H,2,5-6,12H2,(H2,25,26,27,31). The van der Waals surface area contributed by atoms with E-state index in [0.717, 1.165) is 17.7 Å². The molecule has 3 aromatic rings. The topological polar surface area (TPSA) is 138 Å². The number of hydrogen-bond acceptors (Lipinski definition) is 8. The molecule has 2 aliphatic rings. The van der Waals surface area contributed by atoms with E-state index in [2.05, 4.69) is 15.3 Å². The Labute approximate surface area is 198 Å². The van der Waals surface area contributed by atoms with Crippen molar-refractivity contribution in [2.75, 3.05) is 5.32 Å². The molecule has 9 nitrogen and oxygen atoms in total. The van der Waals surface area contributed by atoms with Crippen LogP contribution in [0.5, 0.6) is 5.75 Å². The molecule has 1 aliphatic heterocycles. The number of rotatable bonds is 5. The van der Waals surface area contributed by atoms with Gasteiger partial charge in [-0.25, -0.2) is 4.98 Å². The normalized spacial score (nSPS) is 17.1. The smallest absolute Gasteiger partial charge is 0.269 e. The molecule has 0 saturated carbocycles. The fourth-order valence-corrected chi connectivity index (χ4v) is 5.23. The highest BCUT2D eigenvalue weighted by molar-refractivity contribution is 7.98. The molecule has 5 rings (SSSR count). The van der Waals surface area contributed by atoms with E-state index in [1.807, 2.05) is 0 Å². The number of benzene rings is 2. The van der Waals surface area contributed by atoms with Crippen molar-refractivity contribution in [3.63, 3.8) is 0 Å². The van der Waals surface area contributed by atoms with Crippen molar-refractivity contribution < 1.29 is 14.8 Å². The number of fused-ring (bicyclic) bond motifs is 1. The molecule has 0 bridgehead atoms. The molecule has 0 saturated heterocycles. The molecule has 2 aromatic carbocycles. The van der Waals surface area contributed by atoms with E-state index in [-0.39, 0.29) is 22.8 Å². The first kappa shape index (κ1) is 21.9. The molecule has 1 unspecified atom stereocenters. The van der Waals surface area contributed by atoms with E-state index in [4.69, 9.17) is 0 Å². The number of Topliss-reactive ketones (excluding diaryl/α,β-unsaturated/α-hetero) is 1. The van der Waals surface area contributed by atoms with Crippen molar-refractivity contribution in [1.82, 2.24) is 9.97 Å². The summed E-state index contributed by atoms with van der Waals surface area (Å²) in [5.74, 6) is 0.293. The number of hydrogen-bond donors (Lipinski definition) is 3. The molecular weight excluding hydrogens is 456 g/mol. The van der Waals surface area contributed by atoms with Crippen LogP contribution < -0.4 is 10.9 Å². The molecule has 172 valence electrons. The molecule has 1 atom stereocenters. The van der Waals surface area contributed by atoms with E-state index in [1.165, 1.54) is 23.9 Å². The average molecular weight is 477 g/mol. The Morgan fingerprint density at radius 2 is 1.94 bits per heavy atom. The Morgan fingerprint density at radius 3 is 2.68 bits per heavy atom. The minimum Gasteiger partial charge on any atom is -0.508 e. The lowest BCUT2D eigenvalue weighted by Gasteiger charge is -2.32. The molecule has 10 heteroatoms. The fourth-order valence-electron chi connectivity index (χ4n) is 4.41. The lowest BCUT2D eigenvalue weighted by atomic mass is 9.76. The Kier molecular flexibility index (Phi) is 5.66. The quantitative estimate of drug-likeness (QED) is 0.215. The second-order valence-electron chi connectivity index (χ2n) is 8.17. The summed E-state index contributed by atoms with van der Waals surface area (Å²) in [6.07, 6.45) is 1.81. The highest BCUT2D eigenvalue weighted by atomic mass is 32.2. The van der Waals surface area contributed by atoms with Gasteiger partial charge >= 0.3 is 0 Å². The van der Waals surface area contributed by atoms with Crippen LogP contribution in [0.15, 0.2) is 69.8 Å². The molecule has 1 aromatic heterocycles. The minimum atomic E-state index is -0.615. The van der Waals surface area contributed by atoms with Crippen LogP contribution >= 0.6 is 11.8 Å². The maximum Gasteiger partial charge on any atom is 0.269 e. The summed E-state index contributed by atoms with van der Waals surface area (Å²) < 4.78 is 0. The highest BCUT2D eigenvalue weighted by Crippen LogP contribution is 2.44. The number of anilines is 1. The van der Waals surface area contributed by atoms with E-state index in [0.29, 0.717) is 46.3 Å². The summed E-state index contributed by atoms with van der Waals surface area (Å²) in [4.78, 5) is 43.9. The molecule has 0 amide bonds. The Hall–Kier alpha value is -3.92. The Balaban J connectivity index is 1.50. The number of nitrogens with zero attached hydrogens (tertiary/aromatic N) is 2. The molecular formula is C24H20N4O5S. The van der Waals surface area contributed by atoms with Crippen LogP contribution in [-0.4, -0.2) is 25.8 Å². The van der Waals surface area contributed by atoms with Crippen molar-refractivity contribution in [3.05, 3.63) is 97.0 Å². The average Bonchev–Trinajstić information content (AvgIpc) is 2.82. The number of aromatic nitrogens is 2. The number of nitrogens with one attached hydrogen (secondary N) is 2. The number of ketones is 1. The van der Waals surface area contributed by atoms with Gasteiger partial charge < -0.3 is 15.4 Å². The van der Waals surface area contributed by atoms with Crippen LogP contribution in [0.2, 0.25) is 0 Å². The fraction of sp³-hybridized carbons (Fsp3) is 0.208. The van der Waals surface area contributed by atoms with E-state index in [9.17, 15) is 24.8 Å². The molecule has 3 N–H and O–H groups in total. The number of aromatic hydroxyl groups is 1. The lowest BCUT2D eigenvalue weighted by Crippen LogP contribution is -2.32. The number of non-ortho nitro benzene ring substituents is 1. The molecule has 34 heavy (non-hydrogen) atoms. The second kappa shape index (κ2) is 8.79. The molecule has 0 spiro atoms. The van der Waals surface area contributed by atoms with Gasteiger partial charge in [0.15, 0.2) is 10.9 Å². The summed E-state index contributed by atoms with van der Waals surface area (Å²) in [5, 5.41) is 24.5.